The predicted molar refractivity (Wildman–Crippen MR) is 118 cm³/mol. The first-order chi connectivity index (χ1) is 13.3. The maximum Gasteiger partial charge on any atom is -0.0411 e. The molecule has 0 aromatic heterocycles. The highest BCUT2D eigenvalue weighted by molar-refractivity contribution is 4.81. The van der Waals surface area contributed by atoms with Crippen LogP contribution in [0.15, 0.2) is 0 Å². The zero-order valence-electron chi connectivity index (χ0n) is 18.3. The standard InChI is InChI=1S/C27H48/c1-3-7-22(8-4-1)19-24-11-15-26(16-12-24)21-27-17-13-25(14-18-27)20-23-9-5-2-6-10-23/h22-27H,1-21H2. The minimum Gasteiger partial charge on any atom is -0.0533 e. The maximum absolute atomic E-state index is 1.60. The van der Waals surface area contributed by atoms with E-state index < -0.39 is 0 Å². The van der Waals surface area contributed by atoms with Gasteiger partial charge in [0.15, 0.2) is 0 Å². The van der Waals surface area contributed by atoms with Crippen molar-refractivity contribution in [1.82, 2.24) is 0 Å². The molecule has 0 N–H and O–H groups in total. The van der Waals surface area contributed by atoms with Crippen molar-refractivity contribution in [1.29, 1.82) is 0 Å². The monoisotopic (exact) mass is 372 g/mol. The third-order valence-corrected chi connectivity index (χ3v) is 9.38. The Morgan fingerprint density at radius 2 is 0.481 bits per heavy atom. The second-order valence-electron chi connectivity index (χ2n) is 11.5. The van der Waals surface area contributed by atoms with Crippen molar-refractivity contribution in [2.45, 2.75) is 135 Å². The van der Waals surface area contributed by atoms with Gasteiger partial charge in [-0.3, -0.25) is 0 Å². The highest BCUT2D eigenvalue weighted by atomic mass is 14.3. The Balaban J connectivity index is 1.09. The van der Waals surface area contributed by atoms with Crippen LogP contribution in [0.4, 0.5) is 0 Å². The van der Waals surface area contributed by atoms with Crippen molar-refractivity contribution in [2.75, 3.05) is 0 Å². The largest absolute Gasteiger partial charge is 0.0533 e. The fourth-order valence-electron chi connectivity index (χ4n) is 7.67. The molecule has 0 aliphatic heterocycles. The van der Waals surface area contributed by atoms with Gasteiger partial charge >= 0.3 is 0 Å². The van der Waals surface area contributed by atoms with Crippen molar-refractivity contribution in [3.05, 3.63) is 0 Å². The molecule has 0 aromatic rings. The van der Waals surface area contributed by atoms with Crippen molar-refractivity contribution < 1.29 is 0 Å². The van der Waals surface area contributed by atoms with Gasteiger partial charge < -0.3 is 0 Å². The van der Waals surface area contributed by atoms with E-state index in [1.165, 1.54) is 38.5 Å². The van der Waals surface area contributed by atoms with Crippen molar-refractivity contribution in [3.63, 3.8) is 0 Å². The minimum atomic E-state index is 1.10. The summed E-state index contributed by atoms with van der Waals surface area (Å²) in [6, 6.07) is 0. The molecular formula is C27H48. The van der Waals surface area contributed by atoms with Crippen LogP contribution >= 0.6 is 0 Å². The molecule has 0 heterocycles. The first kappa shape index (κ1) is 20.3. The van der Waals surface area contributed by atoms with Crippen LogP contribution in [0.2, 0.25) is 0 Å². The quantitative estimate of drug-likeness (QED) is 0.436. The number of hydrogen-bond donors (Lipinski definition) is 0. The molecular weight excluding hydrogens is 324 g/mol. The van der Waals surface area contributed by atoms with E-state index in [-0.39, 0.29) is 0 Å². The molecule has 156 valence electrons. The summed E-state index contributed by atoms with van der Waals surface area (Å²) in [7, 11) is 0. The summed E-state index contributed by atoms with van der Waals surface area (Å²) in [5.74, 6) is 6.64. The van der Waals surface area contributed by atoms with Crippen LogP contribution in [-0.2, 0) is 0 Å². The van der Waals surface area contributed by atoms with Gasteiger partial charge in [0.05, 0.1) is 0 Å². The summed E-state index contributed by atoms with van der Waals surface area (Å²) in [6.45, 7) is 0. The summed E-state index contributed by atoms with van der Waals surface area (Å²) in [5, 5.41) is 0. The van der Waals surface area contributed by atoms with E-state index in [1.807, 2.05) is 0 Å². The smallest absolute Gasteiger partial charge is 0.0411 e. The second kappa shape index (κ2) is 10.7. The highest BCUT2D eigenvalue weighted by Crippen LogP contribution is 2.42. The van der Waals surface area contributed by atoms with Crippen LogP contribution in [0.25, 0.3) is 0 Å². The summed E-state index contributed by atoms with van der Waals surface area (Å²) in [4.78, 5) is 0. The number of hydrogen-bond acceptors (Lipinski definition) is 0. The molecule has 4 fully saturated rings. The Labute approximate surface area is 170 Å². The first-order valence-corrected chi connectivity index (χ1v) is 13.3. The molecule has 0 nitrogen and oxygen atoms in total. The molecule has 0 unspecified atom stereocenters. The SMILES string of the molecule is C1CCC(CC2CCC(CC3CCC(CC4CCCCC4)CC3)CC2)CC1. The van der Waals surface area contributed by atoms with Gasteiger partial charge in [0.2, 0.25) is 0 Å². The van der Waals surface area contributed by atoms with Gasteiger partial charge in [-0.05, 0) is 54.8 Å². The lowest BCUT2D eigenvalue weighted by molar-refractivity contribution is 0.160. The zero-order valence-corrected chi connectivity index (χ0v) is 18.3. The van der Waals surface area contributed by atoms with Crippen molar-refractivity contribution in [3.8, 4) is 0 Å². The van der Waals surface area contributed by atoms with Gasteiger partial charge in [0, 0.05) is 0 Å². The summed E-state index contributed by atoms with van der Waals surface area (Å²) in [5.41, 5.74) is 0. The van der Waals surface area contributed by atoms with E-state index in [4.69, 9.17) is 0 Å². The van der Waals surface area contributed by atoms with E-state index in [1.54, 1.807) is 96.3 Å². The van der Waals surface area contributed by atoms with Gasteiger partial charge in [-0.1, -0.05) is 116 Å². The van der Waals surface area contributed by atoms with Crippen molar-refractivity contribution >= 4 is 0 Å². The van der Waals surface area contributed by atoms with Crippen LogP contribution in [0.3, 0.4) is 0 Å². The molecule has 0 spiro atoms. The third kappa shape index (κ3) is 6.50. The van der Waals surface area contributed by atoms with Crippen LogP contribution in [0.1, 0.15) is 135 Å². The van der Waals surface area contributed by atoms with Crippen LogP contribution in [0, 0.1) is 35.5 Å². The van der Waals surface area contributed by atoms with Crippen LogP contribution in [0.5, 0.6) is 0 Å². The predicted octanol–water partition coefficient (Wildman–Crippen LogP) is 8.93. The normalized spacial score (nSPS) is 37.3. The lowest BCUT2D eigenvalue weighted by Crippen LogP contribution is -2.23. The third-order valence-electron chi connectivity index (χ3n) is 9.38. The molecule has 4 rings (SSSR count). The molecule has 0 heteroatoms. The summed E-state index contributed by atoms with van der Waals surface area (Å²) in [6.07, 6.45) is 32.9. The lowest BCUT2D eigenvalue weighted by Gasteiger charge is -2.36. The highest BCUT2D eigenvalue weighted by Gasteiger charge is 2.29. The van der Waals surface area contributed by atoms with E-state index in [0.29, 0.717) is 0 Å². The molecule has 27 heavy (non-hydrogen) atoms. The summed E-state index contributed by atoms with van der Waals surface area (Å²) >= 11 is 0. The van der Waals surface area contributed by atoms with Crippen LogP contribution in [-0.4, -0.2) is 0 Å². The average Bonchev–Trinajstić information content (AvgIpc) is 2.73. The van der Waals surface area contributed by atoms with Gasteiger partial charge in [0.1, 0.15) is 0 Å². The average molecular weight is 373 g/mol. The van der Waals surface area contributed by atoms with E-state index in [9.17, 15) is 0 Å². The van der Waals surface area contributed by atoms with E-state index in [2.05, 4.69) is 0 Å². The van der Waals surface area contributed by atoms with Gasteiger partial charge in [-0.15, -0.1) is 0 Å². The molecule has 0 bridgehead atoms. The first-order valence-electron chi connectivity index (χ1n) is 13.3. The fourth-order valence-corrected chi connectivity index (χ4v) is 7.67. The minimum absolute atomic E-state index is 1.10. The fraction of sp³-hybridized carbons (Fsp3) is 1.00. The van der Waals surface area contributed by atoms with E-state index >= 15 is 0 Å². The Morgan fingerprint density at radius 3 is 0.741 bits per heavy atom. The second-order valence-corrected chi connectivity index (χ2v) is 11.5. The molecule has 0 amide bonds. The Hall–Kier alpha value is 0. The van der Waals surface area contributed by atoms with Gasteiger partial charge in [0.25, 0.3) is 0 Å². The molecule has 0 atom stereocenters. The Morgan fingerprint density at radius 1 is 0.259 bits per heavy atom. The topological polar surface area (TPSA) is 0 Å². The Kier molecular flexibility index (Phi) is 8.02. The van der Waals surface area contributed by atoms with Crippen LogP contribution < -0.4 is 0 Å². The lowest BCUT2D eigenvalue weighted by atomic mass is 9.70. The van der Waals surface area contributed by atoms with Crippen molar-refractivity contribution in [2.24, 2.45) is 35.5 Å². The van der Waals surface area contributed by atoms with E-state index in [0.717, 1.165) is 35.5 Å². The zero-order chi connectivity index (χ0) is 18.3. The summed E-state index contributed by atoms with van der Waals surface area (Å²) < 4.78 is 0. The molecule has 4 aliphatic carbocycles. The molecule has 0 saturated heterocycles. The van der Waals surface area contributed by atoms with Gasteiger partial charge in [-0.25, -0.2) is 0 Å². The molecule has 4 aliphatic rings. The van der Waals surface area contributed by atoms with Gasteiger partial charge in [-0.2, -0.15) is 0 Å². The molecule has 0 aromatic carbocycles. The molecule has 0 radical (unpaired) electrons. The molecule has 4 saturated carbocycles. The Bertz CT molecular complexity index is 346. The number of rotatable bonds is 6. The maximum atomic E-state index is 1.60.